The highest BCUT2D eigenvalue weighted by Gasteiger charge is 2.32. The number of aliphatic hydroxyl groups is 1. The van der Waals surface area contributed by atoms with Crippen molar-refractivity contribution in [2.24, 2.45) is 0 Å². The smallest absolute Gasteiger partial charge is 0.201 e. The van der Waals surface area contributed by atoms with Gasteiger partial charge < -0.3 is 36.4 Å². The molecule has 190 valence electrons. The lowest BCUT2D eigenvalue weighted by atomic mass is 9.77. The van der Waals surface area contributed by atoms with Crippen LogP contribution in [-0.2, 0) is 6.61 Å². The van der Waals surface area contributed by atoms with Gasteiger partial charge in [0.15, 0.2) is 5.43 Å². The Hall–Kier alpha value is -5.28. The molecule has 0 aliphatic carbocycles. The van der Waals surface area contributed by atoms with Crippen molar-refractivity contribution in [1.29, 1.82) is 0 Å². The molecule has 8 aromatic rings. The van der Waals surface area contributed by atoms with Crippen molar-refractivity contribution in [3.63, 3.8) is 0 Å². The average Bonchev–Trinajstić information content (AvgIpc) is 2.86. The molecule has 0 heterocycles. The van der Waals surface area contributed by atoms with Gasteiger partial charge in [0.05, 0.1) is 28.2 Å². The number of fused-ring (bicyclic) bond motifs is 2. The van der Waals surface area contributed by atoms with Crippen LogP contribution >= 0.6 is 0 Å². The Balaban J connectivity index is 2.03. The van der Waals surface area contributed by atoms with Crippen molar-refractivity contribution in [3.05, 3.63) is 55.8 Å². The summed E-state index contributed by atoms with van der Waals surface area (Å²) in [5.41, 5.74) is 5.72. The molecule has 8 N–H and O–H groups in total. The number of rotatable bonds is 1. The Morgan fingerprint density at radius 2 is 0.923 bits per heavy atom. The molecule has 0 saturated carbocycles. The Bertz CT molecular complexity index is 2540. The highest BCUT2D eigenvalue weighted by Crippen LogP contribution is 2.56. The fourth-order valence-corrected chi connectivity index (χ4v) is 7.04. The molecule has 0 fully saturated rings. The molecule has 8 aromatic carbocycles. The number of anilines is 1. The molecule has 9 nitrogen and oxygen atoms in total. The number of phenols is 5. The molecular formula is C30H17NO8. The van der Waals surface area contributed by atoms with Gasteiger partial charge in [-0.1, -0.05) is 0 Å². The summed E-state index contributed by atoms with van der Waals surface area (Å²) >= 11 is 0. The summed E-state index contributed by atoms with van der Waals surface area (Å²) < 4.78 is 0. The van der Waals surface area contributed by atoms with Gasteiger partial charge in [-0.3, -0.25) is 9.59 Å². The number of benzene rings is 8. The zero-order chi connectivity index (χ0) is 27.4. The van der Waals surface area contributed by atoms with Crippen LogP contribution in [0.5, 0.6) is 28.7 Å². The number of aliphatic hydroxyl groups excluding tert-OH is 1. The van der Waals surface area contributed by atoms with E-state index in [1.165, 1.54) is 18.2 Å². The molecule has 0 spiro atoms. The Labute approximate surface area is 215 Å². The lowest BCUT2D eigenvalue weighted by Gasteiger charge is -2.25. The third-order valence-electron chi connectivity index (χ3n) is 8.34. The quantitative estimate of drug-likeness (QED) is 0.0952. The fraction of sp³-hybridized carbons (Fsp3) is 0.0667. The first kappa shape index (κ1) is 21.8. The minimum atomic E-state index is -0.694. The molecule has 0 aliphatic rings. The van der Waals surface area contributed by atoms with E-state index in [4.69, 9.17) is 5.73 Å². The van der Waals surface area contributed by atoms with Gasteiger partial charge in [-0.2, -0.15) is 0 Å². The predicted octanol–water partition coefficient (Wildman–Crippen LogP) is 4.14. The van der Waals surface area contributed by atoms with Crippen molar-refractivity contribution in [1.82, 2.24) is 0 Å². The van der Waals surface area contributed by atoms with Gasteiger partial charge in [-0.05, 0) is 41.0 Å². The lowest BCUT2D eigenvalue weighted by molar-refractivity contribution is 0.283. The molecule has 0 atom stereocenters. The van der Waals surface area contributed by atoms with E-state index in [1.807, 2.05) is 0 Å². The van der Waals surface area contributed by atoms with Gasteiger partial charge in [-0.15, -0.1) is 0 Å². The first-order valence-corrected chi connectivity index (χ1v) is 12.0. The number of aromatic hydroxyl groups is 5. The minimum Gasteiger partial charge on any atom is -0.507 e. The summed E-state index contributed by atoms with van der Waals surface area (Å²) in [5, 5.41) is 67.8. The Morgan fingerprint density at radius 1 is 0.513 bits per heavy atom. The van der Waals surface area contributed by atoms with Crippen LogP contribution in [0.4, 0.5) is 5.69 Å². The van der Waals surface area contributed by atoms with Crippen LogP contribution in [0.1, 0.15) is 11.1 Å². The van der Waals surface area contributed by atoms with E-state index in [0.717, 1.165) is 6.07 Å². The van der Waals surface area contributed by atoms with E-state index >= 15 is 0 Å². The van der Waals surface area contributed by atoms with Crippen molar-refractivity contribution in [2.45, 2.75) is 13.5 Å². The van der Waals surface area contributed by atoms with E-state index in [9.17, 15) is 40.2 Å². The highest BCUT2D eigenvalue weighted by atomic mass is 16.3. The second-order valence-electron chi connectivity index (χ2n) is 10.2. The summed E-state index contributed by atoms with van der Waals surface area (Å²) in [6.07, 6.45) is 0. The maximum absolute atomic E-state index is 14.0. The molecule has 0 aromatic heterocycles. The van der Waals surface area contributed by atoms with Crippen LogP contribution in [0.2, 0.25) is 0 Å². The van der Waals surface area contributed by atoms with Gasteiger partial charge in [0.1, 0.15) is 28.7 Å². The van der Waals surface area contributed by atoms with Crippen molar-refractivity contribution >= 4 is 81.1 Å². The summed E-state index contributed by atoms with van der Waals surface area (Å²) in [6, 6.07) is 4.85. The second-order valence-corrected chi connectivity index (χ2v) is 10.2. The van der Waals surface area contributed by atoms with Crippen molar-refractivity contribution in [3.8, 4) is 28.7 Å². The SMILES string of the molecule is Cc1cc(O)c2c(=O)c3c(O)cc(O)c4c5c(O)cc(N)c6c(=O)c7c(O)cc(CO)c8c1c2c(c34)c(c65)c78. The van der Waals surface area contributed by atoms with Crippen LogP contribution in [0.15, 0.2) is 33.9 Å². The summed E-state index contributed by atoms with van der Waals surface area (Å²) in [6.45, 7) is 1.19. The molecule has 0 bridgehead atoms. The van der Waals surface area contributed by atoms with E-state index in [1.54, 1.807) is 6.92 Å². The second kappa shape index (κ2) is 6.40. The van der Waals surface area contributed by atoms with E-state index in [-0.39, 0.29) is 77.0 Å². The number of hydrogen-bond donors (Lipinski definition) is 7. The number of nitrogens with two attached hydrogens (primary N) is 1. The van der Waals surface area contributed by atoms with Gasteiger partial charge in [0.25, 0.3) is 0 Å². The molecular weight excluding hydrogens is 502 g/mol. The topological polar surface area (TPSA) is 182 Å². The molecule has 0 radical (unpaired) electrons. The number of phenolic OH excluding ortho intramolecular Hbond substituents is 5. The molecule has 0 unspecified atom stereocenters. The lowest BCUT2D eigenvalue weighted by Crippen LogP contribution is -2.12. The minimum absolute atomic E-state index is 0.00533. The van der Waals surface area contributed by atoms with Crippen LogP contribution in [0, 0.1) is 6.92 Å². The third-order valence-corrected chi connectivity index (χ3v) is 8.34. The Kier molecular flexibility index (Phi) is 3.57. The number of nitrogen functional groups attached to an aromatic ring is 1. The fourth-order valence-electron chi connectivity index (χ4n) is 7.04. The standard InChI is InChI=1S/C30H17NO8/c1-7-2-10(33)20-23-15(7)16-8(6-32)3-11(34)21-24(16)28-25-17(29(21)38)9(31)4-12(35)18(25)19-13(36)5-14(37)22(30(20)39)26(19)27(23)28/h2-5,32-37H,6,31H2,1H3. The predicted molar refractivity (Wildman–Crippen MR) is 150 cm³/mol. The Morgan fingerprint density at radius 3 is 1.54 bits per heavy atom. The zero-order valence-corrected chi connectivity index (χ0v) is 20.1. The zero-order valence-electron chi connectivity index (χ0n) is 20.1. The van der Waals surface area contributed by atoms with E-state index in [2.05, 4.69) is 0 Å². The highest BCUT2D eigenvalue weighted by molar-refractivity contribution is 6.51. The first-order valence-electron chi connectivity index (χ1n) is 12.0. The summed E-state index contributed by atoms with van der Waals surface area (Å²) in [5.74, 6) is -2.04. The van der Waals surface area contributed by atoms with Crippen LogP contribution < -0.4 is 16.6 Å². The third kappa shape index (κ3) is 2.12. The maximum Gasteiger partial charge on any atom is 0.201 e. The van der Waals surface area contributed by atoms with Crippen LogP contribution in [0.3, 0.4) is 0 Å². The van der Waals surface area contributed by atoms with Gasteiger partial charge in [0, 0.05) is 60.9 Å². The summed E-state index contributed by atoms with van der Waals surface area (Å²) in [4.78, 5) is 28.0. The monoisotopic (exact) mass is 519 g/mol. The van der Waals surface area contributed by atoms with Gasteiger partial charge >= 0.3 is 0 Å². The molecule has 0 amide bonds. The number of aryl methyl sites for hydroxylation is 1. The van der Waals surface area contributed by atoms with Gasteiger partial charge in [-0.25, -0.2) is 0 Å². The molecule has 39 heavy (non-hydrogen) atoms. The molecule has 9 heteroatoms. The molecule has 8 rings (SSSR count). The maximum atomic E-state index is 14.0. The average molecular weight is 519 g/mol. The largest absolute Gasteiger partial charge is 0.507 e. The van der Waals surface area contributed by atoms with Crippen LogP contribution in [0.25, 0.3) is 75.4 Å². The van der Waals surface area contributed by atoms with Crippen molar-refractivity contribution < 1.29 is 30.6 Å². The molecule has 0 aliphatic heterocycles. The molecule has 0 saturated heterocycles. The summed E-state index contributed by atoms with van der Waals surface area (Å²) in [7, 11) is 0. The number of hydrogen-bond acceptors (Lipinski definition) is 9. The van der Waals surface area contributed by atoms with E-state index < -0.39 is 29.0 Å². The normalized spacial score (nSPS) is 12.8. The van der Waals surface area contributed by atoms with E-state index in [0.29, 0.717) is 32.5 Å². The van der Waals surface area contributed by atoms with Crippen molar-refractivity contribution in [2.75, 3.05) is 5.73 Å². The van der Waals surface area contributed by atoms with Gasteiger partial charge in [0.2, 0.25) is 5.43 Å². The van der Waals surface area contributed by atoms with Crippen LogP contribution in [-0.4, -0.2) is 30.6 Å². The first-order chi connectivity index (χ1) is 18.6.